The predicted molar refractivity (Wildman–Crippen MR) is 115 cm³/mol. The molecular weight excluding hydrogens is 368 g/mol. The zero-order valence-electron chi connectivity index (χ0n) is 19.4. The van der Waals surface area contributed by atoms with Gasteiger partial charge in [-0.3, -0.25) is 14.4 Å². The van der Waals surface area contributed by atoms with Gasteiger partial charge in [-0.25, -0.2) is 0 Å². The van der Waals surface area contributed by atoms with E-state index in [2.05, 4.69) is 0 Å². The van der Waals surface area contributed by atoms with Gasteiger partial charge in [0.05, 0.1) is 24.9 Å². The first-order valence-electron chi connectivity index (χ1n) is 11.4. The van der Waals surface area contributed by atoms with Crippen LogP contribution in [0, 0.1) is 17.8 Å². The number of Topliss-reactive ketones (excluding diaryl/α,β-unsaturated/α-hetero) is 3. The Hall–Kier alpha value is -1.07. The molecule has 0 bridgehead atoms. The molecule has 1 fully saturated rings. The van der Waals surface area contributed by atoms with Crippen molar-refractivity contribution in [2.45, 2.75) is 111 Å². The van der Waals surface area contributed by atoms with Crippen LogP contribution < -0.4 is 0 Å². The lowest BCUT2D eigenvalue weighted by Gasteiger charge is -2.19. The minimum absolute atomic E-state index is 0.00290. The number of carbonyl (C=O) groups excluding carboxylic acids is 3. The van der Waals surface area contributed by atoms with Crippen molar-refractivity contribution in [3.05, 3.63) is 0 Å². The zero-order valence-corrected chi connectivity index (χ0v) is 19.4. The summed E-state index contributed by atoms with van der Waals surface area (Å²) < 4.78 is 11.8. The molecule has 0 amide bonds. The summed E-state index contributed by atoms with van der Waals surface area (Å²) >= 11 is 0. The Morgan fingerprint density at radius 1 is 0.828 bits per heavy atom. The molecule has 0 aromatic rings. The summed E-state index contributed by atoms with van der Waals surface area (Å²) in [5, 5.41) is 0. The molecule has 1 aliphatic carbocycles. The molecule has 0 N–H and O–H groups in total. The summed E-state index contributed by atoms with van der Waals surface area (Å²) in [5.74, 6) is 0.750. The van der Waals surface area contributed by atoms with E-state index in [-0.39, 0.29) is 53.4 Å². The Morgan fingerprint density at radius 3 is 2.07 bits per heavy atom. The van der Waals surface area contributed by atoms with Crippen LogP contribution in [0.2, 0.25) is 0 Å². The van der Waals surface area contributed by atoms with Gasteiger partial charge in [0.2, 0.25) is 0 Å². The molecule has 1 rings (SSSR count). The minimum Gasteiger partial charge on any atom is -0.378 e. The highest BCUT2D eigenvalue weighted by molar-refractivity contribution is 5.87. The molecule has 29 heavy (non-hydrogen) atoms. The molecule has 1 aliphatic rings. The Morgan fingerprint density at radius 2 is 1.48 bits per heavy atom. The van der Waals surface area contributed by atoms with Crippen molar-refractivity contribution < 1.29 is 23.9 Å². The van der Waals surface area contributed by atoms with Crippen molar-refractivity contribution in [1.82, 2.24) is 0 Å². The minimum atomic E-state index is -0.0112. The van der Waals surface area contributed by atoms with Crippen molar-refractivity contribution in [3.63, 3.8) is 0 Å². The molecule has 168 valence electrons. The summed E-state index contributed by atoms with van der Waals surface area (Å²) in [5.41, 5.74) is 0. The third kappa shape index (κ3) is 10.5. The molecule has 5 nitrogen and oxygen atoms in total. The number of hydrogen-bond donors (Lipinski definition) is 0. The van der Waals surface area contributed by atoms with Gasteiger partial charge >= 0.3 is 0 Å². The normalized spacial score (nSPS) is 22.0. The molecule has 0 aliphatic heterocycles. The number of unbranched alkanes of at least 4 members (excludes halogenated alkanes) is 1. The average molecular weight is 411 g/mol. The molecule has 0 aromatic heterocycles. The molecular formula is C24H42O5. The van der Waals surface area contributed by atoms with Gasteiger partial charge in [-0.2, -0.15) is 0 Å². The summed E-state index contributed by atoms with van der Waals surface area (Å²) in [6, 6.07) is 0. The second-order valence-electron chi connectivity index (χ2n) is 9.36. The maximum atomic E-state index is 12.8. The van der Waals surface area contributed by atoms with Gasteiger partial charge < -0.3 is 9.47 Å². The molecule has 1 saturated carbocycles. The average Bonchev–Trinajstić information content (AvgIpc) is 3.03. The number of carbonyl (C=O) groups is 3. The van der Waals surface area contributed by atoms with Gasteiger partial charge in [-0.15, -0.1) is 0 Å². The van der Waals surface area contributed by atoms with Crippen LogP contribution in [0.25, 0.3) is 0 Å². The van der Waals surface area contributed by atoms with Crippen molar-refractivity contribution in [3.8, 4) is 0 Å². The first kappa shape index (κ1) is 26.0. The van der Waals surface area contributed by atoms with Gasteiger partial charge in [0.25, 0.3) is 0 Å². The molecule has 0 radical (unpaired) electrons. The van der Waals surface area contributed by atoms with Crippen LogP contribution in [-0.2, 0) is 23.9 Å². The van der Waals surface area contributed by atoms with Crippen LogP contribution in [0.3, 0.4) is 0 Å². The Bertz CT molecular complexity index is 523. The van der Waals surface area contributed by atoms with Gasteiger partial charge in [-0.1, -0.05) is 13.8 Å². The van der Waals surface area contributed by atoms with E-state index in [1.807, 2.05) is 41.5 Å². The molecule has 0 saturated heterocycles. The third-order valence-electron chi connectivity index (χ3n) is 5.60. The summed E-state index contributed by atoms with van der Waals surface area (Å²) in [6.45, 7) is 12.4. The van der Waals surface area contributed by atoms with E-state index in [1.54, 1.807) is 0 Å². The van der Waals surface area contributed by atoms with Crippen LogP contribution in [0.15, 0.2) is 0 Å². The van der Waals surface area contributed by atoms with Gasteiger partial charge in [0.1, 0.15) is 17.3 Å². The smallest absolute Gasteiger partial charge is 0.136 e. The van der Waals surface area contributed by atoms with Crippen molar-refractivity contribution >= 4 is 17.3 Å². The third-order valence-corrected chi connectivity index (χ3v) is 5.60. The van der Waals surface area contributed by atoms with Crippen molar-refractivity contribution in [1.29, 1.82) is 0 Å². The maximum absolute atomic E-state index is 12.8. The molecule has 1 unspecified atom stereocenters. The highest BCUT2D eigenvalue weighted by atomic mass is 16.5. The predicted octanol–water partition coefficient (Wildman–Crippen LogP) is 4.94. The molecule has 0 spiro atoms. The fraction of sp³-hybridized carbons (Fsp3) is 0.875. The number of ether oxygens (including phenoxy) is 2. The van der Waals surface area contributed by atoms with E-state index in [1.165, 1.54) is 0 Å². The first-order valence-corrected chi connectivity index (χ1v) is 11.4. The van der Waals surface area contributed by atoms with Gasteiger partial charge in [0.15, 0.2) is 0 Å². The highest BCUT2D eigenvalue weighted by Gasteiger charge is 2.39. The first-order chi connectivity index (χ1) is 13.6. The summed E-state index contributed by atoms with van der Waals surface area (Å²) in [7, 11) is 0. The van der Waals surface area contributed by atoms with Crippen LogP contribution in [0.4, 0.5) is 0 Å². The van der Waals surface area contributed by atoms with E-state index in [4.69, 9.17) is 9.47 Å². The number of rotatable bonds is 15. The maximum Gasteiger partial charge on any atom is 0.136 e. The number of ketones is 3. The Labute approximate surface area is 177 Å². The molecule has 5 heteroatoms. The van der Waals surface area contributed by atoms with Gasteiger partial charge in [0, 0.05) is 37.5 Å². The lowest BCUT2D eigenvalue weighted by molar-refractivity contribution is -0.126. The van der Waals surface area contributed by atoms with Gasteiger partial charge in [-0.05, 0) is 59.3 Å². The quantitative estimate of drug-likeness (QED) is 0.358. The fourth-order valence-electron chi connectivity index (χ4n) is 3.95. The fourth-order valence-corrected chi connectivity index (χ4v) is 3.95. The van der Waals surface area contributed by atoms with Crippen molar-refractivity contribution in [2.24, 2.45) is 17.8 Å². The van der Waals surface area contributed by atoms with E-state index in [0.717, 1.165) is 19.3 Å². The summed E-state index contributed by atoms with van der Waals surface area (Å²) in [6.07, 6.45) is 5.19. The lowest BCUT2D eigenvalue weighted by Crippen LogP contribution is -2.24. The second-order valence-corrected chi connectivity index (χ2v) is 9.36. The monoisotopic (exact) mass is 410 g/mol. The SMILES string of the molecule is CC(C)OC[C@@H]1C[C@@H](OC(C)C)CC1C(=O)CCCCC(=O)CCC(=O)C(C)C. The lowest BCUT2D eigenvalue weighted by atomic mass is 9.89. The largest absolute Gasteiger partial charge is 0.378 e. The standard InChI is InChI=1S/C24H42O5/c1-16(2)23(26)12-11-20(25)9-7-8-10-24(27)22-14-21(29-18(5)6)13-19(22)15-28-17(3)4/h16-19,21-22H,7-15H2,1-6H3/t19-,21+,22?/m0/s1. The molecule has 3 atom stereocenters. The Kier molecular flexibility index (Phi) is 11.9. The van der Waals surface area contributed by atoms with E-state index in [0.29, 0.717) is 38.7 Å². The van der Waals surface area contributed by atoms with E-state index < -0.39 is 0 Å². The number of hydrogen-bond acceptors (Lipinski definition) is 5. The molecule has 0 aromatic carbocycles. The zero-order chi connectivity index (χ0) is 22.0. The van der Waals surface area contributed by atoms with Crippen LogP contribution >= 0.6 is 0 Å². The van der Waals surface area contributed by atoms with E-state index in [9.17, 15) is 14.4 Å². The summed E-state index contributed by atoms with van der Waals surface area (Å²) in [4.78, 5) is 36.4. The Balaban J connectivity index is 2.39. The topological polar surface area (TPSA) is 69.7 Å². The highest BCUT2D eigenvalue weighted by Crippen LogP contribution is 2.36. The van der Waals surface area contributed by atoms with Crippen LogP contribution in [0.1, 0.15) is 92.9 Å². The molecule has 0 heterocycles. The second kappa shape index (κ2) is 13.3. The van der Waals surface area contributed by atoms with Crippen LogP contribution in [-0.4, -0.2) is 42.3 Å². The van der Waals surface area contributed by atoms with E-state index >= 15 is 0 Å². The van der Waals surface area contributed by atoms with Crippen LogP contribution in [0.5, 0.6) is 0 Å². The van der Waals surface area contributed by atoms with Crippen molar-refractivity contribution in [2.75, 3.05) is 6.61 Å².